The van der Waals surface area contributed by atoms with Crippen LogP contribution >= 0.6 is 0 Å². The van der Waals surface area contributed by atoms with Crippen LogP contribution in [0.15, 0.2) is 0 Å². The average Bonchev–Trinajstić information content (AvgIpc) is 2.47. The number of carboxylic acids is 1. The van der Waals surface area contributed by atoms with Gasteiger partial charge in [-0.25, -0.2) is 4.79 Å². The van der Waals surface area contributed by atoms with Gasteiger partial charge in [-0.2, -0.15) is 0 Å². The van der Waals surface area contributed by atoms with Gasteiger partial charge >= 0.3 is 5.97 Å². The Labute approximate surface area is 51.7 Å². The Balaban J connectivity index is 2.52. The SMILES string of the molecule is O=C(O)C(O)C1(O)CC1. The van der Waals surface area contributed by atoms with Crippen molar-refractivity contribution in [2.75, 3.05) is 0 Å². The number of aliphatic hydroxyl groups is 2. The largest absolute Gasteiger partial charge is 0.479 e. The third-order valence-corrected chi connectivity index (χ3v) is 1.51. The summed E-state index contributed by atoms with van der Waals surface area (Å²) in [5, 5.41) is 25.8. The van der Waals surface area contributed by atoms with Crippen LogP contribution < -0.4 is 0 Å². The lowest BCUT2D eigenvalue weighted by atomic mass is 10.2. The van der Waals surface area contributed by atoms with Gasteiger partial charge in [-0.3, -0.25) is 0 Å². The van der Waals surface area contributed by atoms with Crippen LogP contribution in [0, 0.1) is 0 Å². The molecule has 1 aliphatic rings. The zero-order chi connectivity index (χ0) is 7.07. The number of hydrogen-bond donors (Lipinski definition) is 3. The van der Waals surface area contributed by atoms with Crippen LogP contribution in [0.3, 0.4) is 0 Å². The molecule has 0 radical (unpaired) electrons. The molecule has 1 aliphatic carbocycles. The number of hydrogen-bond acceptors (Lipinski definition) is 3. The van der Waals surface area contributed by atoms with Crippen molar-refractivity contribution >= 4 is 5.97 Å². The molecule has 9 heavy (non-hydrogen) atoms. The van der Waals surface area contributed by atoms with Crippen molar-refractivity contribution in [3.05, 3.63) is 0 Å². The normalized spacial score (nSPS) is 25.1. The molecule has 0 heterocycles. The van der Waals surface area contributed by atoms with Gasteiger partial charge in [0.05, 0.1) is 0 Å². The van der Waals surface area contributed by atoms with Gasteiger partial charge in [-0.15, -0.1) is 0 Å². The third kappa shape index (κ3) is 1.04. The first-order valence-corrected chi connectivity index (χ1v) is 2.69. The summed E-state index contributed by atoms with van der Waals surface area (Å²) in [5.41, 5.74) is -1.31. The van der Waals surface area contributed by atoms with E-state index >= 15 is 0 Å². The molecule has 0 aromatic heterocycles. The highest BCUT2D eigenvalue weighted by Crippen LogP contribution is 2.38. The number of carboxylic acid groups (broad SMARTS) is 1. The van der Waals surface area contributed by atoms with Gasteiger partial charge in [-0.1, -0.05) is 0 Å². The second-order valence-corrected chi connectivity index (χ2v) is 2.34. The Morgan fingerprint density at radius 3 is 2.11 bits per heavy atom. The molecule has 1 saturated carbocycles. The monoisotopic (exact) mass is 132 g/mol. The Bertz CT molecular complexity index is 138. The van der Waals surface area contributed by atoms with E-state index in [0.717, 1.165) is 0 Å². The molecule has 1 atom stereocenters. The summed E-state index contributed by atoms with van der Waals surface area (Å²) in [6.45, 7) is 0. The second-order valence-electron chi connectivity index (χ2n) is 2.34. The fourth-order valence-corrected chi connectivity index (χ4v) is 0.631. The van der Waals surface area contributed by atoms with Gasteiger partial charge < -0.3 is 15.3 Å². The first-order valence-electron chi connectivity index (χ1n) is 2.69. The van der Waals surface area contributed by atoms with Crippen LogP contribution in [-0.4, -0.2) is 33.0 Å². The zero-order valence-corrected chi connectivity index (χ0v) is 4.74. The molecule has 0 amide bonds. The number of aliphatic carboxylic acids is 1. The Morgan fingerprint density at radius 2 is 2.00 bits per heavy atom. The quantitative estimate of drug-likeness (QED) is 0.448. The highest BCUT2D eigenvalue weighted by Gasteiger charge is 2.50. The molecule has 0 spiro atoms. The van der Waals surface area contributed by atoms with E-state index < -0.39 is 17.7 Å². The summed E-state index contributed by atoms with van der Waals surface area (Å²) in [4.78, 5) is 9.98. The maximum Gasteiger partial charge on any atom is 0.335 e. The minimum Gasteiger partial charge on any atom is -0.479 e. The van der Waals surface area contributed by atoms with E-state index in [0.29, 0.717) is 12.8 Å². The van der Waals surface area contributed by atoms with Crippen LogP contribution in [0.2, 0.25) is 0 Å². The third-order valence-electron chi connectivity index (χ3n) is 1.51. The molecule has 52 valence electrons. The Hall–Kier alpha value is -0.610. The predicted octanol–water partition coefficient (Wildman–Crippen LogP) is -1.04. The topological polar surface area (TPSA) is 77.8 Å². The molecule has 1 unspecified atom stereocenters. The van der Waals surface area contributed by atoms with Crippen LogP contribution in [-0.2, 0) is 4.79 Å². The highest BCUT2D eigenvalue weighted by molar-refractivity contribution is 5.74. The van der Waals surface area contributed by atoms with E-state index in [1.54, 1.807) is 0 Å². The van der Waals surface area contributed by atoms with Crippen molar-refractivity contribution in [2.45, 2.75) is 24.5 Å². The van der Waals surface area contributed by atoms with E-state index in [4.69, 9.17) is 15.3 Å². The van der Waals surface area contributed by atoms with E-state index in [1.807, 2.05) is 0 Å². The minimum atomic E-state index is -1.60. The summed E-state index contributed by atoms with van der Waals surface area (Å²) in [7, 11) is 0. The molecule has 0 aliphatic heterocycles. The van der Waals surface area contributed by atoms with Crippen LogP contribution in [0.25, 0.3) is 0 Å². The number of rotatable bonds is 2. The van der Waals surface area contributed by atoms with Crippen molar-refractivity contribution in [3.8, 4) is 0 Å². The fraction of sp³-hybridized carbons (Fsp3) is 0.800. The lowest BCUT2D eigenvalue weighted by molar-refractivity contribution is -0.154. The predicted molar refractivity (Wildman–Crippen MR) is 27.8 cm³/mol. The standard InChI is InChI=1S/C5H8O4/c6-3(4(7)8)5(9)1-2-5/h3,6,9H,1-2H2,(H,7,8). The van der Waals surface area contributed by atoms with Gasteiger partial charge in [-0.05, 0) is 12.8 Å². The minimum absolute atomic E-state index is 0.389. The first kappa shape index (κ1) is 6.51. The lowest BCUT2D eigenvalue weighted by Crippen LogP contribution is -2.35. The molecular formula is C5H8O4. The molecule has 0 aromatic carbocycles. The summed E-state index contributed by atoms with van der Waals surface area (Å²) in [5.74, 6) is -1.35. The Kier molecular flexibility index (Phi) is 1.22. The summed E-state index contributed by atoms with van der Waals surface area (Å²) in [6, 6.07) is 0. The summed E-state index contributed by atoms with van der Waals surface area (Å²) in [6.07, 6.45) is -0.821. The van der Waals surface area contributed by atoms with E-state index in [1.165, 1.54) is 0 Å². The smallest absolute Gasteiger partial charge is 0.335 e. The van der Waals surface area contributed by atoms with Crippen LogP contribution in [0.1, 0.15) is 12.8 Å². The maximum atomic E-state index is 9.98. The summed E-state index contributed by atoms with van der Waals surface area (Å²) < 4.78 is 0. The van der Waals surface area contributed by atoms with Crippen LogP contribution in [0.5, 0.6) is 0 Å². The molecule has 1 rings (SSSR count). The Morgan fingerprint density at radius 1 is 1.56 bits per heavy atom. The zero-order valence-electron chi connectivity index (χ0n) is 4.74. The number of carbonyl (C=O) groups is 1. The van der Waals surface area contributed by atoms with Gasteiger partial charge in [0.15, 0.2) is 6.10 Å². The maximum absolute atomic E-state index is 9.98. The van der Waals surface area contributed by atoms with E-state index in [2.05, 4.69) is 0 Å². The fourth-order valence-electron chi connectivity index (χ4n) is 0.631. The second kappa shape index (κ2) is 1.68. The van der Waals surface area contributed by atoms with Crippen LogP contribution in [0.4, 0.5) is 0 Å². The molecular weight excluding hydrogens is 124 g/mol. The average molecular weight is 132 g/mol. The van der Waals surface area contributed by atoms with Crippen molar-refractivity contribution in [3.63, 3.8) is 0 Å². The lowest BCUT2D eigenvalue weighted by Gasteiger charge is -2.09. The van der Waals surface area contributed by atoms with Gasteiger partial charge in [0.1, 0.15) is 5.60 Å². The highest BCUT2D eigenvalue weighted by atomic mass is 16.4. The molecule has 0 bridgehead atoms. The molecule has 4 nitrogen and oxygen atoms in total. The molecule has 4 heteroatoms. The van der Waals surface area contributed by atoms with Crippen molar-refractivity contribution in [1.29, 1.82) is 0 Å². The molecule has 3 N–H and O–H groups in total. The number of aliphatic hydroxyl groups excluding tert-OH is 1. The van der Waals surface area contributed by atoms with Crippen molar-refractivity contribution < 1.29 is 20.1 Å². The van der Waals surface area contributed by atoms with Gasteiger partial charge in [0.2, 0.25) is 0 Å². The molecule has 0 saturated heterocycles. The van der Waals surface area contributed by atoms with E-state index in [-0.39, 0.29) is 0 Å². The van der Waals surface area contributed by atoms with Crippen molar-refractivity contribution in [2.24, 2.45) is 0 Å². The van der Waals surface area contributed by atoms with E-state index in [9.17, 15) is 4.79 Å². The molecule has 1 fully saturated rings. The first-order chi connectivity index (χ1) is 4.06. The van der Waals surface area contributed by atoms with Crippen molar-refractivity contribution in [1.82, 2.24) is 0 Å². The summed E-state index contributed by atoms with van der Waals surface area (Å²) >= 11 is 0. The molecule has 0 aromatic rings. The van der Waals surface area contributed by atoms with Gasteiger partial charge in [0.25, 0.3) is 0 Å². The van der Waals surface area contributed by atoms with Gasteiger partial charge in [0, 0.05) is 0 Å².